The first-order valence-corrected chi connectivity index (χ1v) is 11.2. The Hall–Kier alpha value is -2.98. The fourth-order valence-corrected chi connectivity index (χ4v) is 4.33. The van der Waals surface area contributed by atoms with E-state index in [2.05, 4.69) is 21.2 Å². The van der Waals surface area contributed by atoms with Crippen molar-refractivity contribution in [1.29, 1.82) is 0 Å². The zero-order chi connectivity index (χ0) is 23.3. The zero-order valence-corrected chi connectivity index (χ0v) is 20.0. The molecular formula is C22H21BrN2O6S. The minimum atomic E-state index is -0.533. The molecule has 1 aliphatic rings. The highest BCUT2D eigenvalue weighted by molar-refractivity contribution is 9.10. The fourth-order valence-electron chi connectivity index (χ4n) is 2.91. The molecule has 0 radical (unpaired) electrons. The second kappa shape index (κ2) is 10.6. The van der Waals surface area contributed by atoms with Crippen molar-refractivity contribution in [3.63, 3.8) is 0 Å². The molecule has 10 heteroatoms. The van der Waals surface area contributed by atoms with Gasteiger partial charge in [-0.05, 0) is 82.7 Å². The van der Waals surface area contributed by atoms with Gasteiger partial charge in [-0.25, -0.2) is 0 Å². The number of thioether (sulfide) groups is 1. The maximum Gasteiger partial charge on any atom is 0.294 e. The number of methoxy groups -OCH3 is 2. The minimum Gasteiger partial charge on any atom is -0.497 e. The predicted molar refractivity (Wildman–Crippen MR) is 126 cm³/mol. The van der Waals surface area contributed by atoms with E-state index in [1.807, 2.05) is 6.92 Å². The van der Waals surface area contributed by atoms with Gasteiger partial charge in [0, 0.05) is 5.69 Å². The number of anilines is 1. The molecule has 0 aromatic heterocycles. The molecule has 2 aromatic rings. The number of carbonyl (C=O) groups is 3. The van der Waals surface area contributed by atoms with Gasteiger partial charge in [0.05, 0.1) is 30.2 Å². The number of hydrogen-bond acceptors (Lipinski definition) is 7. The van der Waals surface area contributed by atoms with Gasteiger partial charge in [0.2, 0.25) is 5.91 Å². The summed E-state index contributed by atoms with van der Waals surface area (Å²) in [5, 5.41) is 2.15. The highest BCUT2D eigenvalue weighted by atomic mass is 79.9. The highest BCUT2D eigenvalue weighted by Gasteiger charge is 2.36. The van der Waals surface area contributed by atoms with E-state index in [1.54, 1.807) is 49.6 Å². The van der Waals surface area contributed by atoms with Crippen LogP contribution in [0.15, 0.2) is 45.8 Å². The first-order valence-electron chi connectivity index (χ1n) is 9.55. The molecule has 0 aliphatic carbocycles. The number of amides is 3. The average Bonchev–Trinajstić information content (AvgIpc) is 3.03. The Labute approximate surface area is 198 Å². The standard InChI is InChI=1S/C22H21BrN2O6S/c1-4-31-20-16(23)9-13(10-17(20)30-3)11-18-21(27)25(22(28)32-18)12-19(26)24-14-5-7-15(29-2)8-6-14/h5-11H,4,12H2,1-3H3,(H,24,26)/b18-11+. The van der Waals surface area contributed by atoms with Crippen molar-refractivity contribution in [2.45, 2.75) is 6.92 Å². The van der Waals surface area contributed by atoms with Crippen molar-refractivity contribution in [2.24, 2.45) is 0 Å². The summed E-state index contributed by atoms with van der Waals surface area (Å²) in [6.07, 6.45) is 1.58. The van der Waals surface area contributed by atoms with Gasteiger partial charge in [-0.3, -0.25) is 19.3 Å². The smallest absolute Gasteiger partial charge is 0.294 e. The molecule has 1 saturated heterocycles. The maximum absolute atomic E-state index is 12.8. The van der Waals surface area contributed by atoms with Gasteiger partial charge in [-0.1, -0.05) is 0 Å². The second-order valence-corrected chi connectivity index (χ2v) is 8.36. The molecular weight excluding hydrogens is 500 g/mol. The van der Waals surface area contributed by atoms with Crippen LogP contribution in [0.1, 0.15) is 12.5 Å². The summed E-state index contributed by atoms with van der Waals surface area (Å²) in [6.45, 7) is 1.94. The fraction of sp³-hybridized carbons (Fsp3) is 0.227. The molecule has 0 saturated carbocycles. The number of nitrogens with zero attached hydrogens (tertiary/aromatic N) is 1. The van der Waals surface area contributed by atoms with Crippen LogP contribution in [0, 0.1) is 0 Å². The number of nitrogens with one attached hydrogen (secondary N) is 1. The Balaban J connectivity index is 1.73. The van der Waals surface area contributed by atoms with Crippen LogP contribution in [0.5, 0.6) is 17.2 Å². The van der Waals surface area contributed by atoms with Gasteiger partial charge in [0.15, 0.2) is 11.5 Å². The number of halogens is 1. The third kappa shape index (κ3) is 5.43. The lowest BCUT2D eigenvalue weighted by atomic mass is 10.2. The van der Waals surface area contributed by atoms with Crippen LogP contribution in [-0.4, -0.2) is 49.3 Å². The van der Waals surface area contributed by atoms with E-state index in [1.165, 1.54) is 7.11 Å². The number of carbonyl (C=O) groups excluding carboxylic acids is 3. The molecule has 3 amide bonds. The van der Waals surface area contributed by atoms with Crippen molar-refractivity contribution in [3.8, 4) is 17.2 Å². The number of benzene rings is 2. The van der Waals surface area contributed by atoms with E-state index in [9.17, 15) is 14.4 Å². The van der Waals surface area contributed by atoms with Gasteiger partial charge in [-0.2, -0.15) is 0 Å². The largest absolute Gasteiger partial charge is 0.497 e. The van der Waals surface area contributed by atoms with E-state index in [0.29, 0.717) is 39.6 Å². The molecule has 0 bridgehead atoms. The summed E-state index contributed by atoms with van der Waals surface area (Å²) >= 11 is 4.22. The Bertz CT molecular complexity index is 1070. The van der Waals surface area contributed by atoms with Crippen LogP contribution in [0.3, 0.4) is 0 Å². The molecule has 0 atom stereocenters. The van der Waals surface area contributed by atoms with Gasteiger partial charge >= 0.3 is 0 Å². The topological polar surface area (TPSA) is 94.2 Å². The minimum absolute atomic E-state index is 0.213. The molecule has 1 heterocycles. The van der Waals surface area contributed by atoms with Crippen molar-refractivity contribution < 1.29 is 28.6 Å². The van der Waals surface area contributed by atoms with Gasteiger partial charge in [-0.15, -0.1) is 0 Å². The first-order chi connectivity index (χ1) is 15.4. The number of imide groups is 1. The number of rotatable bonds is 8. The maximum atomic E-state index is 12.8. The Morgan fingerprint density at radius 3 is 2.50 bits per heavy atom. The molecule has 1 aliphatic heterocycles. The highest BCUT2D eigenvalue weighted by Crippen LogP contribution is 2.39. The first kappa shape index (κ1) is 23.7. The molecule has 3 rings (SSSR count). The number of hydrogen-bond donors (Lipinski definition) is 1. The van der Waals surface area contributed by atoms with Crippen molar-refractivity contribution in [3.05, 3.63) is 51.3 Å². The summed E-state index contributed by atoms with van der Waals surface area (Å²) in [6, 6.07) is 10.2. The van der Waals surface area contributed by atoms with Crippen LogP contribution >= 0.6 is 27.7 Å². The molecule has 1 fully saturated rings. The predicted octanol–water partition coefficient (Wildman–Crippen LogP) is 4.54. The summed E-state index contributed by atoms with van der Waals surface area (Å²) in [4.78, 5) is 38.6. The third-order valence-electron chi connectivity index (χ3n) is 4.39. The second-order valence-electron chi connectivity index (χ2n) is 6.51. The molecule has 8 nitrogen and oxygen atoms in total. The van der Waals surface area contributed by atoms with E-state index >= 15 is 0 Å². The van der Waals surface area contributed by atoms with E-state index in [0.717, 1.165) is 16.7 Å². The lowest BCUT2D eigenvalue weighted by Crippen LogP contribution is -2.36. The molecule has 2 aromatic carbocycles. The summed E-state index contributed by atoms with van der Waals surface area (Å²) in [5.41, 5.74) is 1.18. The van der Waals surface area contributed by atoms with Crippen molar-refractivity contribution in [2.75, 3.05) is 32.7 Å². The van der Waals surface area contributed by atoms with E-state index in [-0.39, 0.29) is 11.4 Å². The lowest BCUT2D eigenvalue weighted by molar-refractivity contribution is -0.127. The Kier molecular flexibility index (Phi) is 7.81. The SMILES string of the molecule is CCOc1c(Br)cc(/C=C2/SC(=O)N(CC(=O)Nc3ccc(OC)cc3)C2=O)cc1OC. The third-order valence-corrected chi connectivity index (χ3v) is 5.88. The van der Waals surface area contributed by atoms with Gasteiger partial charge in [0.25, 0.3) is 11.1 Å². The van der Waals surface area contributed by atoms with E-state index in [4.69, 9.17) is 14.2 Å². The molecule has 32 heavy (non-hydrogen) atoms. The van der Waals surface area contributed by atoms with Crippen molar-refractivity contribution >= 4 is 56.5 Å². The zero-order valence-electron chi connectivity index (χ0n) is 17.6. The quantitative estimate of drug-likeness (QED) is 0.510. The van der Waals surface area contributed by atoms with Crippen molar-refractivity contribution in [1.82, 2.24) is 4.90 Å². The Morgan fingerprint density at radius 2 is 1.88 bits per heavy atom. The molecule has 1 N–H and O–H groups in total. The van der Waals surface area contributed by atoms with E-state index < -0.39 is 17.1 Å². The van der Waals surface area contributed by atoms with Crippen LogP contribution in [0.4, 0.5) is 10.5 Å². The summed E-state index contributed by atoms with van der Waals surface area (Å²) in [5.74, 6) is 0.677. The molecule has 0 spiro atoms. The molecule has 168 valence electrons. The monoisotopic (exact) mass is 520 g/mol. The summed E-state index contributed by atoms with van der Waals surface area (Å²) in [7, 11) is 3.06. The average molecular weight is 521 g/mol. The molecule has 0 unspecified atom stereocenters. The summed E-state index contributed by atoms with van der Waals surface area (Å²) < 4.78 is 16.7. The van der Waals surface area contributed by atoms with Crippen LogP contribution in [0.2, 0.25) is 0 Å². The van der Waals surface area contributed by atoms with Crippen LogP contribution in [0.25, 0.3) is 6.08 Å². The van der Waals surface area contributed by atoms with Crippen LogP contribution < -0.4 is 19.5 Å². The normalized spacial score (nSPS) is 14.6. The lowest BCUT2D eigenvalue weighted by Gasteiger charge is -2.13. The van der Waals surface area contributed by atoms with Crippen LogP contribution in [-0.2, 0) is 9.59 Å². The number of ether oxygens (including phenoxy) is 3. The Morgan fingerprint density at radius 1 is 1.16 bits per heavy atom. The van der Waals surface area contributed by atoms with Gasteiger partial charge < -0.3 is 19.5 Å². The van der Waals surface area contributed by atoms with Gasteiger partial charge in [0.1, 0.15) is 12.3 Å².